The summed E-state index contributed by atoms with van der Waals surface area (Å²) in [7, 11) is 0. The summed E-state index contributed by atoms with van der Waals surface area (Å²) in [6.07, 6.45) is 0. The molecule has 22 heavy (non-hydrogen) atoms. The number of aryl methyl sites for hydroxylation is 1. The molecule has 1 heterocycles. The van der Waals surface area contributed by atoms with Crippen LogP contribution < -0.4 is 11.5 Å². The summed E-state index contributed by atoms with van der Waals surface area (Å²) < 4.78 is 0. The van der Waals surface area contributed by atoms with Crippen molar-refractivity contribution in [2.24, 2.45) is 16.5 Å². The summed E-state index contributed by atoms with van der Waals surface area (Å²) in [4.78, 5) is 17.2. The van der Waals surface area contributed by atoms with E-state index in [-0.39, 0.29) is 6.54 Å². The minimum absolute atomic E-state index is 0.0728. The van der Waals surface area contributed by atoms with Gasteiger partial charge in [-0.3, -0.25) is 4.79 Å². The van der Waals surface area contributed by atoms with Gasteiger partial charge in [0.1, 0.15) is 0 Å². The highest BCUT2D eigenvalue weighted by atomic mass is 16.1. The quantitative estimate of drug-likeness (QED) is 0.906. The summed E-state index contributed by atoms with van der Waals surface area (Å²) in [5.74, 6) is -0.0911. The van der Waals surface area contributed by atoms with E-state index >= 15 is 0 Å². The Morgan fingerprint density at radius 3 is 2.77 bits per heavy atom. The lowest BCUT2D eigenvalue weighted by atomic mass is 9.97. The Balaban J connectivity index is 1.99. The molecule has 4 N–H and O–H groups in total. The van der Waals surface area contributed by atoms with E-state index in [0.717, 1.165) is 16.8 Å². The number of benzene rings is 2. The topological polar surface area (TPSA) is 84.7 Å². The molecule has 0 spiro atoms. The van der Waals surface area contributed by atoms with Gasteiger partial charge in [-0.25, -0.2) is 4.99 Å². The second kappa shape index (κ2) is 5.52. The van der Waals surface area contributed by atoms with E-state index in [0.29, 0.717) is 12.5 Å². The molecule has 0 saturated heterocycles. The Morgan fingerprint density at radius 2 is 2.05 bits per heavy atom. The minimum atomic E-state index is -0.420. The van der Waals surface area contributed by atoms with E-state index in [4.69, 9.17) is 11.5 Å². The van der Waals surface area contributed by atoms with Gasteiger partial charge in [0, 0.05) is 6.54 Å². The number of amides is 1. The largest absolute Gasteiger partial charge is 0.369 e. The van der Waals surface area contributed by atoms with Crippen LogP contribution in [-0.2, 0) is 11.3 Å². The van der Waals surface area contributed by atoms with Crippen LogP contribution >= 0.6 is 0 Å². The molecule has 1 aliphatic rings. The lowest BCUT2D eigenvalue weighted by Crippen LogP contribution is -2.43. The van der Waals surface area contributed by atoms with Crippen LogP contribution in [0.15, 0.2) is 47.5 Å². The zero-order valence-electron chi connectivity index (χ0n) is 12.4. The van der Waals surface area contributed by atoms with Crippen LogP contribution in [-0.4, -0.2) is 23.3 Å². The van der Waals surface area contributed by atoms with Gasteiger partial charge in [0.25, 0.3) is 0 Å². The molecule has 0 aliphatic carbocycles. The van der Waals surface area contributed by atoms with Crippen LogP contribution in [0.1, 0.15) is 11.1 Å². The summed E-state index contributed by atoms with van der Waals surface area (Å²) in [5.41, 5.74) is 16.6. The molecule has 5 heteroatoms. The molecular weight excluding hydrogens is 276 g/mol. The monoisotopic (exact) mass is 294 g/mol. The average molecular weight is 294 g/mol. The maximum atomic E-state index is 11.1. The van der Waals surface area contributed by atoms with Crippen LogP contribution in [0, 0.1) is 6.92 Å². The Hall–Kier alpha value is -2.82. The zero-order chi connectivity index (χ0) is 15.7. The smallest absolute Gasteiger partial charge is 0.237 e. The number of guanidine groups is 1. The highest BCUT2D eigenvalue weighted by Crippen LogP contribution is 2.31. The maximum absolute atomic E-state index is 11.1. The first-order valence-electron chi connectivity index (χ1n) is 7.11. The van der Waals surface area contributed by atoms with Gasteiger partial charge >= 0.3 is 0 Å². The second-order valence-electron chi connectivity index (χ2n) is 5.45. The van der Waals surface area contributed by atoms with Crippen LogP contribution in [0.3, 0.4) is 0 Å². The second-order valence-corrected chi connectivity index (χ2v) is 5.45. The molecule has 0 aromatic heterocycles. The number of fused-ring (bicyclic) bond motifs is 1. The van der Waals surface area contributed by atoms with Gasteiger partial charge in [-0.15, -0.1) is 0 Å². The SMILES string of the molecule is Cc1ccccc1-c1ccc2c(c1)CN(CC(N)=O)C(N)=N2. The van der Waals surface area contributed by atoms with Crippen molar-refractivity contribution in [3.8, 4) is 11.1 Å². The molecule has 2 aromatic carbocycles. The summed E-state index contributed by atoms with van der Waals surface area (Å²) in [6.45, 7) is 2.70. The number of hydrogen-bond donors (Lipinski definition) is 2. The van der Waals surface area contributed by atoms with Gasteiger partial charge in [-0.05, 0) is 41.3 Å². The Bertz CT molecular complexity index is 767. The maximum Gasteiger partial charge on any atom is 0.237 e. The van der Waals surface area contributed by atoms with Gasteiger partial charge < -0.3 is 16.4 Å². The molecule has 0 saturated carbocycles. The third-order valence-electron chi connectivity index (χ3n) is 3.80. The van der Waals surface area contributed by atoms with Gasteiger partial charge in [0.15, 0.2) is 5.96 Å². The number of hydrogen-bond acceptors (Lipinski definition) is 4. The van der Waals surface area contributed by atoms with Crippen LogP contribution in [0.4, 0.5) is 5.69 Å². The highest BCUT2D eigenvalue weighted by Gasteiger charge is 2.19. The van der Waals surface area contributed by atoms with Crippen molar-refractivity contribution in [1.29, 1.82) is 0 Å². The molecule has 0 fully saturated rings. The van der Waals surface area contributed by atoms with Crippen LogP contribution in [0.25, 0.3) is 11.1 Å². The van der Waals surface area contributed by atoms with E-state index in [2.05, 4.69) is 30.1 Å². The Morgan fingerprint density at radius 1 is 1.27 bits per heavy atom. The van der Waals surface area contributed by atoms with Gasteiger partial charge in [0.05, 0.1) is 12.2 Å². The molecule has 112 valence electrons. The number of rotatable bonds is 3. The van der Waals surface area contributed by atoms with Gasteiger partial charge in [-0.1, -0.05) is 30.3 Å². The van der Waals surface area contributed by atoms with E-state index in [1.165, 1.54) is 11.1 Å². The lowest BCUT2D eigenvalue weighted by Gasteiger charge is -2.27. The molecule has 1 aliphatic heterocycles. The van der Waals surface area contributed by atoms with Crippen molar-refractivity contribution in [2.75, 3.05) is 6.54 Å². The van der Waals surface area contributed by atoms with Crippen molar-refractivity contribution < 1.29 is 4.79 Å². The molecule has 0 unspecified atom stereocenters. The number of aliphatic imine (C=N–C) groups is 1. The molecule has 0 radical (unpaired) electrons. The molecule has 5 nitrogen and oxygen atoms in total. The first kappa shape index (κ1) is 14.1. The molecule has 0 bridgehead atoms. The Labute approximate surface area is 129 Å². The standard InChI is InChI=1S/C17H18N4O/c1-11-4-2-3-5-14(11)12-6-7-15-13(8-12)9-21(10-16(18)22)17(19)20-15/h2-8H,9-10H2,1H3,(H2,18,22)(H2,19,20). The third-order valence-corrected chi connectivity index (χ3v) is 3.80. The van der Waals surface area contributed by atoms with Crippen molar-refractivity contribution in [3.63, 3.8) is 0 Å². The highest BCUT2D eigenvalue weighted by molar-refractivity contribution is 5.88. The fraction of sp³-hybridized carbons (Fsp3) is 0.176. The number of primary amides is 1. The van der Waals surface area contributed by atoms with Crippen molar-refractivity contribution in [2.45, 2.75) is 13.5 Å². The lowest BCUT2D eigenvalue weighted by molar-refractivity contribution is -0.118. The molecule has 1 amide bonds. The molecule has 0 atom stereocenters. The van der Waals surface area contributed by atoms with E-state index in [9.17, 15) is 4.79 Å². The number of carbonyl (C=O) groups excluding carboxylic acids is 1. The average Bonchev–Trinajstić information content (AvgIpc) is 2.48. The fourth-order valence-corrected chi connectivity index (χ4v) is 2.69. The molecule has 2 aromatic rings. The molecule has 3 rings (SSSR count). The van der Waals surface area contributed by atoms with E-state index in [1.54, 1.807) is 4.90 Å². The third kappa shape index (κ3) is 2.65. The zero-order valence-corrected chi connectivity index (χ0v) is 12.4. The Kier molecular flexibility index (Phi) is 3.55. The van der Waals surface area contributed by atoms with Gasteiger partial charge in [-0.2, -0.15) is 0 Å². The first-order valence-corrected chi connectivity index (χ1v) is 7.11. The van der Waals surface area contributed by atoms with Gasteiger partial charge in [0.2, 0.25) is 5.91 Å². The first-order chi connectivity index (χ1) is 10.5. The summed E-state index contributed by atoms with van der Waals surface area (Å²) >= 11 is 0. The number of carbonyl (C=O) groups is 1. The summed E-state index contributed by atoms with van der Waals surface area (Å²) in [5, 5.41) is 0. The number of nitrogens with two attached hydrogens (primary N) is 2. The normalized spacial score (nSPS) is 13.5. The van der Waals surface area contributed by atoms with Crippen molar-refractivity contribution in [3.05, 3.63) is 53.6 Å². The van der Waals surface area contributed by atoms with E-state index < -0.39 is 5.91 Å². The van der Waals surface area contributed by atoms with Crippen LogP contribution in [0.5, 0.6) is 0 Å². The predicted molar refractivity (Wildman–Crippen MR) is 87.5 cm³/mol. The number of nitrogens with zero attached hydrogens (tertiary/aromatic N) is 2. The minimum Gasteiger partial charge on any atom is -0.369 e. The summed E-state index contributed by atoms with van der Waals surface area (Å²) in [6, 6.07) is 14.3. The predicted octanol–water partition coefficient (Wildman–Crippen LogP) is 1.91. The van der Waals surface area contributed by atoms with Crippen molar-refractivity contribution in [1.82, 2.24) is 4.90 Å². The van der Waals surface area contributed by atoms with E-state index in [1.807, 2.05) is 24.3 Å². The fourth-order valence-electron chi connectivity index (χ4n) is 2.69. The van der Waals surface area contributed by atoms with Crippen molar-refractivity contribution >= 4 is 17.6 Å². The molecular formula is C17H18N4O. The van der Waals surface area contributed by atoms with Crippen LogP contribution in [0.2, 0.25) is 0 Å².